The summed E-state index contributed by atoms with van der Waals surface area (Å²) in [5, 5.41) is 14.2. The van der Waals surface area contributed by atoms with Crippen LogP contribution in [0.4, 0.5) is 5.69 Å². The highest BCUT2D eigenvalue weighted by Gasteiger charge is 2.61. The van der Waals surface area contributed by atoms with Gasteiger partial charge in [0.15, 0.2) is 0 Å². The van der Waals surface area contributed by atoms with E-state index in [1.54, 1.807) is 0 Å². The minimum absolute atomic E-state index is 0.000774. The van der Waals surface area contributed by atoms with Gasteiger partial charge in [-0.15, -0.1) is 0 Å². The van der Waals surface area contributed by atoms with Crippen LogP contribution in [0.15, 0.2) is 18.2 Å². The molecular weight excluding hydrogens is 336 g/mol. The summed E-state index contributed by atoms with van der Waals surface area (Å²) < 4.78 is 4.63. The van der Waals surface area contributed by atoms with E-state index in [1.165, 1.54) is 25.7 Å². The number of hydrogen-bond donors (Lipinski definition) is 1. The Kier molecular flexibility index (Phi) is 4.29. The maximum Gasteiger partial charge on any atom is 0.338 e. The Bertz CT molecular complexity index is 788. The summed E-state index contributed by atoms with van der Waals surface area (Å²) in [4.78, 5) is 35.1. The van der Waals surface area contributed by atoms with Crippen molar-refractivity contribution < 1.29 is 19.2 Å². The molecule has 7 nitrogen and oxygen atoms in total. The third-order valence-corrected chi connectivity index (χ3v) is 6.91. The lowest BCUT2D eigenvalue weighted by Gasteiger charge is -2.39. The topological polar surface area (TPSA) is 98.5 Å². The summed E-state index contributed by atoms with van der Waals surface area (Å²) in [7, 11) is 1.19. The average molecular weight is 360 g/mol. The van der Waals surface area contributed by atoms with Crippen LogP contribution in [0.1, 0.15) is 60.7 Å². The number of fused-ring (bicyclic) bond motifs is 2. The molecule has 140 valence electrons. The van der Waals surface area contributed by atoms with Crippen LogP contribution in [0.3, 0.4) is 0 Å². The van der Waals surface area contributed by atoms with E-state index in [0.717, 1.165) is 18.9 Å². The Labute approximate surface area is 152 Å². The molecule has 0 saturated heterocycles. The van der Waals surface area contributed by atoms with Crippen molar-refractivity contribution in [3.63, 3.8) is 0 Å². The molecule has 26 heavy (non-hydrogen) atoms. The lowest BCUT2D eigenvalue weighted by molar-refractivity contribution is -0.384. The minimum Gasteiger partial charge on any atom is -0.465 e. The first-order chi connectivity index (χ1) is 12.1. The van der Waals surface area contributed by atoms with Crippen LogP contribution < -0.4 is 5.32 Å². The first-order valence-electron chi connectivity index (χ1n) is 8.79. The highest BCUT2D eigenvalue weighted by Crippen LogP contribution is 2.65. The number of ether oxygens (including phenoxy) is 1. The Balaban J connectivity index is 1.88. The second kappa shape index (κ2) is 6.07. The Hall–Kier alpha value is -2.44. The van der Waals surface area contributed by atoms with Crippen LogP contribution in [0.2, 0.25) is 0 Å². The van der Waals surface area contributed by atoms with Gasteiger partial charge in [0, 0.05) is 23.7 Å². The minimum atomic E-state index is -0.712. The second-order valence-corrected chi connectivity index (χ2v) is 8.15. The van der Waals surface area contributed by atoms with E-state index in [1.807, 2.05) is 0 Å². The van der Waals surface area contributed by atoms with Crippen LogP contribution in [-0.4, -0.2) is 30.0 Å². The molecular formula is C19H24N2O5. The van der Waals surface area contributed by atoms with Crippen molar-refractivity contribution in [1.82, 2.24) is 5.32 Å². The summed E-state index contributed by atoms with van der Waals surface area (Å²) in [6, 6.07) is 3.67. The first-order valence-corrected chi connectivity index (χ1v) is 8.79. The van der Waals surface area contributed by atoms with Crippen molar-refractivity contribution in [1.29, 1.82) is 0 Å². The monoisotopic (exact) mass is 360 g/mol. The summed E-state index contributed by atoms with van der Waals surface area (Å²) in [6.07, 6.45) is 3.13. The van der Waals surface area contributed by atoms with Gasteiger partial charge in [0.05, 0.1) is 17.6 Å². The number of nitrogens with zero attached hydrogens (tertiary/aromatic N) is 1. The van der Waals surface area contributed by atoms with Crippen molar-refractivity contribution >= 4 is 17.6 Å². The van der Waals surface area contributed by atoms with E-state index in [-0.39, 0.29) is 33.7 Å². The molecule has 0 unspecified atom stereocenters. The van der Waals surface area contributed by atoms with Crippen molar-refractivity contribution in [3.05, 3.63) is 39.4 Å². The van der Waals surface area contributed by atoms with E-state index in [0.29, 0.717) is 5.92 Å². The largest absolute Gasteiger partial charge is 0.465 e. The van der Waals surface area contributed by atoms with Crippen molar-refractivity contribution in [3.8, 4) is 0 Å². The SMILES string of the molecule is COC(=O)c1cc(C(=O)N[C@@H]2C[C@@H]3CC[C@@]2(C)C3(C)C)cc([N+](=O)[O-])c1. The number of methoxy groups -OCH3 is 1. The molecule has 0 heterocycles. The molecule has 0 spiro atoms. The van der Waals surface area contributed by atoms with Crippen molar-refractivity contribution in [2.75, 3.05) is 7.11 Å². The maximum absolute atomic E-state index is 12.8. The number of rotatable bonds is 4. The summed E-state index contributed by atoms with van der Waals surface area (Å²) in [5.41, 5.74) is -0.0723. The van der Waals surface area contributed by atoms with Gasteiger partial charge in [0.2, 0.25) is 0 Å². The molecule has 0 radical (unpaired) electrons. The number of nitro benzene ring substituents is 1. The van der Waals surface area contributed by atoms with E-state index in [9.17, 15) is 19.7 Å². The molecule has 0 aromatic heterocycles. The van der Waals surface area contributed by atoms with Gasteiger partial charge in [-0.1, -0.05) is 20.8 Å². The molecule has 3 atom stereocenters. The fourth-order valence-corrected chi connectivity index (χ4v) is 4.75. The van der Waals surface area contributed by atoms with Gasteiger partial charge in [-0.3, -0.25) is 14.9 Å². The summed E-state index contributed by atoms with van der Waals surface area (Å²) >= 11 is 0. The van der Waals surface area contributed by atoms with Gasteiger partial charge in [-0.25, -0.2) is 4.79 Å². The van der Waals surface area contributed by atoms with Gasteiger partial charge < -0.3 is 10.1 Å². The highest BCUT2D eigenvalue weighted by molar-refractivity contribution is 5.99. The third-order valence-electron chi connectivity index (χ3n) is 6.91. The van der Waals surface area contributed by atoms with Gasteiger partial charge in [0.1, 0.15) is 0 Å². The van der Waals surface area contributed by atoms with E-state index >= 15 is 0 Å². The maximum atomic E-state index is 12.8. The number of hydrogen-bond acceptors (Lipinski definition) is 5. The fraction of sp³-hybridized carbons (Fsp3) is 0.579. The van der Waals surface area contributed by atoms with Crippen LogP contribution in [-0.2, 0) is 4.74 Å². The molecule has 0 aliphatic heterocycles. The van der Waals surface area contributed by atoms with Gasteiger partial charge in [-0.05, 0) is 42.1 Å². The van der Waals surface area contributed by atoms with E-state index in [4.69, 9.17) is 0 Å². The molecule has 2 fully saturated rings. The molecule has 3 rings (SSSR count). The molecule has 7 heteroatoms. The smallest absolute Gasteiger partial charge is 0.338 e. The molecule has 2 bridgehead atoms. The number of carbonyl (C=O) groups excluding carboxylic acids is 2. The Morgan fingerprint density at radius 1 is 1.23 bits per heavy atom. The number of nitro groups is 1. The van der Waals surface area contributed by atoms with Crippen molar-refractivity contribution in [2.24, 2.45) is 16.7 Å². The lowest BCUT2D eigenvalue weighted by Crippen LogP contribution is -2.46. The van der Waals surface area contributed by atoms with Crippen LogP contribution in [0, 0.1) is 26.9 Å². The predicted octanol–water partition coefficient (Wildman–Crippen LogP) is 3.33. The molecule has 2 aliphatic carbocycles. The zero-order chi connectivity index (χ0) is 19.3. The molecule has 1 amide bonds. The highest BCUT2D eigenvalue weighted by atomic mass is 16.6. The average Bonchev–Trinajstić information content (AvgIpc) is 2.93. The van der Waals surface area contributed by atoms with Crippen molar-refractivity contribution in [2.45, 2.75) is 46.1 Å². The zero-order valence-corrected chi connectivity index (χ0v) is 15.5. The zero-order valence-electron chi connectivity index (χ0n) is 15.5. The van der Waals surface area contributed by atoms with Crippen LogP contribution >= 0.6 is 0 Å². The second-order valence-electron chi connectivity index (χ2n) is 8.15. The predicted molar refractivity (Wildman–Crippen MR) is 94.9 cm³/mol. The number of nitrogens with one attached hydrogen (secondary N) is 1. The first kappa shape index (κ1) is 18.4. The third kappa shape index (κ3) is 2.66. The Morgan fingerprint density at radius 2 is 1.88 bits per heavy atom. The normalized spacial score (nSPS) is 28.6. The Morgan fingerprint density at radius 3 is 2.38 bits per heavy atom. The number of carbonyl (C=O) groups is 2. The quantitative estimate of drug-likeness (QED) is 0.504. The summed E-state index contributed by atoms with van der Waals surface area (Å²) in [5.74, 6) is -0.544. The number of esters is 1. The molecule has 2 aliphatic rings. The van der Waals surface area contributed by atoms with Gasteiger partial charge in [-0.2, -0.15) is 0 Å². The molecule has 2 saturated carbocycles. The number of non-ortho nitro benzene ring substituents is 1. The van der Waals surface area contributed by atoms with E-state index < -0.39 is 16.8 Å². The van der Waals surface area contributed by atoms with Gasteiger partial charge in [0.25, 0.3) is 11.6 Å². The number of benzene rings is 1. The molecule has 1 N–H and O–H groups in total. The van der Waals surface area contributed by atoms with E-state index in [2.05, 4.69) is 30.8 Å². The van der Waals surface area contributed by atoms with Crippen LogP contribution in [0.25, 0.3) is 0 Å². The molecule has 1 aromatic carbocycles. The summed E-state index contributed by atoms with van der Waals surface area (Å²) in [6.45, 7) is 6.71. The molecule has 1 aromatic rings. The van der Waals surface area contributed by atoms with Crippen LogP contribution in [0.5, 0.6) is 0 Å². The van der Waals surface area contributed by atoms with Gasteiger partial charge >= 0.3 is 5.97 Å². The fourth-order valence-electron chi connectivity index (χ4n) is 4.75. The number of amides is 1. The lowest BCUT2D eigenvalue weighted by atomic mass is 9.69. The standard InChI is InChI=1S/C19H24N2O5/c1-18(2)13-5-6-19(18,3)15(10-13)20-16(22)11-7-12(17(23)26-4)9-14(8-11)21(24)25/h7-9,13,15H,5-6,10H2,1-4H3,(H,20,22)/t13-,15+,19+/m0/s1.